The van der Waals surface area contributed by atoms with Gasteiger partial charge in [-0.15, -0.1) is 0 Å². The number of nitrogens with zero attached hydrogens (tertiary/aromatic N) is 1. The van der Waals surface area contributed by atoms with E-state index in [4.69, 9.17) is 0 Å². The normalized spacial score (nSPS) is 11.4. The standard InChI is InChI=1S/C16H28N2/c1-5-11-17-12-15-9-7-8-10-16(15)13-18(6-2)14(3)4/h7-10,14,17H,5-6,11-13H2,1-4H3. The van der Waals surface area contributed by atoms with Crippen molar-refractivity contribution in [3.63, 3.8) is 0 Å². The highest BCUT2D eigenvalue weighted by molar-refractivity contribution is 5.27. The number of benzene rings is 1. The summed E-state index contributed by atoms with van der Waals surface area (Å²) in [5.41, 5.74) is 2.89. The molecule has 2 nitrogen and oxygen atoms in total. The van der Waals surface area contributed by atoms with Gasteiger partial charge in [-0.2, -0.15) is 0 Å². The summed E-state index contributed by atoms with van der Waals surface area (Å²) >= 11 is 0. The van der Waals surface area contributed by atoms with Crippen LogP contribution in [0.15, 0.2) is 24.3 Å². The molecule has 0 aliphatic heterocycles. The molecule has 0 aliphatic carbocycles. The lowest BCUT2D eigenvalue weighted by Crippen LogP contribution is -2.30. The van der Waals surface area contributed by atoms with Gasteiger partial charge in [-0.1, -0.05) is 38.1 Å². The second-order valence-corrected chi connectivity index (χ2v) is 5.10. The molecule has 0 fully saturated rings. The van der Waals surface area contributed by atoms with Crippen LogP contribution in [0.3, 0.4) is 0 Å². The molecule has 0 aliphatic rings. The number of nitrogens with one attached hydrogen (secondary N) is 1. The smallest absolute Gasteiger partial charge is 0.0239 e. The van der Waals surface area contributed by atoms with Gasteiger partial charge in [-0.05, 0) is 44.5 Å². The summed E-state index contributed by atoms with van der Waals surface area (Å²) in [5.74, 6) is 0. The first kappa shape index (κ1) is 15.2. The second-order valence-electron chi connectivity index (χ2n) is 5.10. The van der Waals surface area contributed by atoms with Gasteiger partial charge in [0.2, 0.25) is 0 Å². The highest BCUT2D eigenvalue weighted by atomic mass is 15.1. The van der Waals surface area contributed by atoms with Crippen LogP contribution in [0.4, 0.5) is 0 Å². The predicted molar refractivity (Wildman–Crippen MR) is 79.7 cm³/mol. The van der Waals surface area contributed by atoms with E-state index in [1.807, 2.05) is 0 Å². The summed E-state index contributed by atoms with van der Waals surface area (Å²) in [7, 11) is 0. The van der Waals surface area contributed by atoms with Gasteiger partial charge in [0.25, 0.3) is 0 Å². The van der Waals surface area contributed by atoms with Crippen molar-refractivity contribution in [3.05, 3.63) is 35.4 Å². The lowest BCUT2D eigenvalue weighted by atomic mass is 10.1. The van der Waals surface area contributed by atoms with Gasteiger partial charge in [0.05, 0.1) is 0 Å². The average Bonchev–Trinajstić information content (AvgIpc) is 2.37. The quantitative estimate of drug-likeness (QED) is 0.709. The zero-order valence-corrected chi connectivity index (χ0v) is 12.4. The van der Waals surface area contributed by atoms with E-state index in [9.17, 15) is 0 Å². The summed E-state index contributed by atoms with van der Waals surface area (Å²) in [6, 6.07) is 9.39. The first-order valence-corrected chi connectivity index (χ1v) is 7.20. The van der Waals surface area contributed by atoms with Crippen LogP contribution in [0.2, 0.25) is 0 Å². The summed E-state index contributed by atoms with van der Waals surface area (Å²) in [6.07, 6.45) is 1.19. The van der Waals surface area contributed by atoms with Crippen molar-refractivity contribution in [2.24, 2.45) is 0 Å². The van der Waals surface area contributed by atoms with Crippen molar-refractivity contribution < 1.29 is 0 Å². The zero-order chi connectivity index (χ0) is 13.4. The maximum Gasteiger partial charge on any atom is 0.0239 e. The molecule has 0 radical (unpaired) electrons. The third-order valence-corrected chi connectivity index (χ3v) is 3.37. The molecule has 0 bridgehead atoms. The van der Waals surface area contributed by atoms with Gasteiger partial charge in [-0.3, -0.25) is 4.90 Å². The molecular weight excluding hydrogens is 220 g/mol. The molecule has 2 heteroatoms. The fourth-order valence-electron chi connectivity index (χ4n) is 2.16. The topological polar surface area (TPSA) is 15.3 Å². The van der Waals surface area contributed by atoms with Crippen molar-refractivity contribution in [2.45, 2.75) is 53.2 Å². The number of hydrogen-bond acceptors (Lipinski definition) is 2. The van der Waals surface area contributed by atoms with Gasteiger partial charge in [0, 0.05) is 19.1 Å². The minimum atomic E-state index is 0.603. The monoisotopic (exact) mass is 248 g/mol. The van der Waals surface area contributed by atoms with Crippen molar-refractivity contribution in [1.82, 2.24) is 10.2 Å². The lowest BCUT2D eigenvalue weighted by Gasteiger charge is -2.26. The Morgan fingerprint density at radius 2 is 1.78 bits per heavy atom. The average molecular weight is 248 g/mol. The van der Waals surface area contributed by atoms with Crippen LogP contribution in [0.5, 0.6) is 0 Å². The molecule has 1 N–H and O–H groups in total. The minimum absolute atomic E-state index is 0.603. The molecule has 1 aromatic carbocycles. The van der Waals surface area contributed by atoms with Crippen LogP contribution in [-0.4, -0.2) is 24.0 Å². The first-order chi connectivity index (χ1) is 8.69. The highest BCUT2D eigenvalue weighted by Crippen LogP contribution is 2.13. The molecule has 0 saturated heterocycles. The van der Waals surface area contributed by atoms with E-state index < -0.39 is 0 Å². The Hall–Kier alpha value is -0.860. The molecule has 0 atom stereocenters. The van der Waals surface area contributed by atoms with Gasteiger partial charge >= 0.3 is 0 Å². The molecule has 0 heterocycles. The molecule has 102 valence electrons. The maximum atomic E-state index is 3.49. The Labute approximate surface area is 112 Å². The molecule has 0 aromatic heterocycles. The minimum Gasteiger partial charge on any atom is -0.313 e. The number of hydrogen-bond donors (Lipinski definition) is 1. The van der Waals surface area contributed by atoms with Crippen molar-refractivity contribution in [1.29, 1.82) is 0 Å². The van der Waals surface area contributed by atoms with Gasteiger partial charge < -0.3 is 5.32 Å². The third kappa shape index (κ3) is 4.79. The van der Waals surface area contributed by atoms with Gasteiger partial charge in [-0.25, -0.2) is 0 Å². The highest BCUT2D eigenvalue weighted by Gasteiger charge is 2.09. The summed E-state index contributed by atoms with van der Waals surface area (Å²) in [4.78, 5) is 2.50. The molecule has 0 amide bonds. The summed E-state index contributed by atoms with van der Waals surface area (Å²) in [5, 5.41) is 3.49. The molecule has 0 saturated carbocycles. The Morgan fingerprint density at radius 1 is 1.11 bits per heavy atom. The predicted octanol–water partition coefficient (Wildman–Crippen LogP) is 3.42. The Morgan fingerprint density at radius 3 is 2.33 bits per heavy atom. The fraction of sp³-hybridized carbons (Fsp3) is 0.625. The van der Waals surface area contributed by atoms with E-state index >= 15 is 0 Å². The Balaban J connectivity index is 2.68. The van der Waals surface area contributed by atoms with Crippen LogP contribution in [-0.2, 0) is 13.1 Å². The molecule has 18 heavy (non-hydrogen) atoms. The summed E-state index contributed by atoms with van der Waals surface area (Å²) in [6.45, 7) is 13.2. The third-order valence-electron chi connectivity index (χ3n) is 3.37. The second kappa shape index (κ2) is 8.28. The lowest BCUT2D eigenvalue weighted by molar-refractivity contribution is 0.224. The Bertz CT molecular complexity index is 334. The van der Waals surface area contributed by atoms with Crippen LogP contribution < -0.4 is 5.32 Å². The summed E-state index contributed by atoms with van der Waals surface area (Å²) < 4.78 is 0. The largest absolute Gasteiger partial charge is 0.313 e. The molecule has 1 rings (SSSR count). The molecule has 0 unspecified atom stereocenters. The Kier molecular flexibility index (Phi) is 6.99. The van der Waals surface area contributed by atoms with E-state index in [-0.39, 0.29) is 0 Å². The first-order valence-electron chi connectivity index (χ1n) is 7.20. The van der Waals surface area contributed by atoms with Gasteiger partial charge in [0.15, 0.2) is 0 Å². The van der Waals surface area contributed by atoms with E-state index in [0.29, 0.717) is 6.04 Å². The van der Waals surface area contributed by atoms with Crippen LogP contribution in [0.1, 0.15) is 45.2 Å². The van der Waals surface area contributed by atoms with Crippen LogP contribution in [0.25, 0.3) is 0 Å². The molecule has 1 aromatic rings. The van der Waals surface area contributed by atoms with E-state index in [1.165, 1.54) is 17.5 Å². The zero-order valence-electron chi connectivity index (χ0n) is 12.4. The molecule has 0 spiro atoms. The van der Waals surface area contributed by atoms with Crippen molar-refractivity contribution >= 4 is 0 Å². The van der Waals surface area contributed by atoms with Crippen LogP contribution in [0, 0.1) is 0 Å². The number of rotatable bonds is 8. The van der Waals surface area contributed by atoms with Gasteiger partial charge in [0.1, 0.15) is 0 Å². The van der Waals surface area contributed by atoms with E-state index in [1.54, 1.807) is 0 Å². The van der Waals surface area contributed by atoms with E-state index in [0.717, 1.165) is 26.2 Å². The maximum absolute atomic E-state index is 3.49. The SMILES string of the molecule is CCCNCc1ccccc1CN(CC)C(C)C. The van der Waals surface area contributed by atoms with Crippen LogP contribution >= 0.6 is 0 Å². The van der Waals surface area contributed by atoms with E-state index in [2.05, 4.69) is 62.2 Å². The van der Waals surface area contributed by atoms with Crippen molar-refractivity contribution in [3.8, 4) is 0 Å². The fourth-order valence-corrected chi connectivity index (χ4v) is 2.16. The molecular formula is C16H28N2. The van der Waals surface area contributed by atoms with Crippen molar-refractivity contribution in [2.75, 3.05) is 13.1 Å².